The highest BCUT2D eigenvalue weighted by Crippen LogP contribution is 2.27. The first-order chi connectivity index (χ1) is 14.4. The average Bonchev–Trinajstić information content (AvgIpc) is 3.23. The molecule has 0 atom stereocenters. The molecule has 0 bridgehead atoms. The fraction of sp³-hybridized carbons (Fsp3) is 0.450. The van der Waals surface area contributed by atoms with E-state index in [1.165, 1.54) is 17.4 Å². The number of hydrogen-bond acceptors (Lipinski definition) is 8. The molecule has 1 saturated heterocycles. The average molecular weight is 412 g/mol. The Morgan fingerprint density at radius 1 is 1.43 bits per heavy atom. The first-order valence-electron chi connectivity index (χ1n) is 9.78. The summed E-state index contributed by atoms with van der Waals surface area (Å²) in [6, 6.07) is 3.38. The van der Waals surface area contributed by atoms with Crippen molar-refractivity contribution in [3.05, 3.63) is 35.5 Å². The molecule has 1 fully saturated rings. The summed E-state index contributed by atoms with van der Waals surface area (Å²) in [6.45, 7) is 5.14. The van der Waals surface area contributed by atoms with Crippen LogP contribution < -0.4 is 15.7 Å². The number of aromatic nitrogens is 2. The van der Waals surface area contributed by atoms with Crippen LogP contribution in [-0.4, -0.2) is 41.5 Å². The van der Waals surface area contributed by atoms with Crippen molar-refractivity contribution in [2.24, 2.45) is 11.7 Å². The quantitative estimate of drug-likeness (QED) is 0.681. The molecular formula is C20H24N6O4. The fourth-order valence-corrected chi connectivity index (χ4v) is 3.27. The highest BCUT2D eigenvalue weighted by molar-refractivity contribution is 5.93. The van der Waals surface area contributed by atoms with Crippen molar-refractivity contribution in [2.45, 2.75) is 33.1 Å². The van der Waals surface area contributed by atoms with Gasteiger partial charge in [-0.2, -0.15) is 10.3 Å². The van der Waals surface area contributed by atoms with E-state index < -0.39 is 5.91 Å². The van der Waals surface area contributed by atoms with Crippen molar-refractivity contribution in [3.63, 3.8) is 0 Å². The number of amides is 2. The van der Waals surface area contributed by atoms with Crippen LogP contribution in [0.5, 0.6) is 0 Å². The van der Waals surface area contributed by atoms with Crippen molar-refractivity contribution >= 4 is 23.5 Å². The van der Waals surface area contributed by atoms with Crippen LogP contribution in [0.15, 0.2) is 22.9 Å². The maximum Gasteiger partial charge on any atom is 0.267 e. The molecule has 0 radical (unpaired) electrons. The lowest BCUT2D eigenvalue weighted by molar-refractivity contribution is -0.130. The van der Waals surface area contributed by atoms with Crippen LogP contribution in [0.3, 0.4) is 0 Å². The maximum atomic E-state index is 13.1. The van der Waals surface area contributed by atoms with E-state index in [1.807, 2.05) is 17.9 Å². The molecule has 0 aromatic carbocycles. The highest BCUT2D eigenvalue weighted by Gasteiger charge is 2.32. The predicted molar refractivity (Wildman–Crippen MR) is 107 cm³/mol. The molecule has 0 unspecified atom stereocenters. The van der Waals surface area contributed by atoms with Crippen molar-refractivity contribution < 1.29 is 18.8 Å². The Kier molecular flexibility index (Phi) is 6.64. The standard InChI is InChI=1S/C20H24N6O4/c1-3-8-30-26(15-9-16(10-21)29-12-15)19(28)14-4-6-25(7-5-14)20-23-11-13(2)17(24-20)18(22)27/h9,11-12,14H,3-8H2,1-2H3,(H2,22,27). The third-order valence-electron chi connectivity index (χ3n) is 4.87. The van der Waals surface area contributed by atoms with Gasteiger partial charge in [0.15, 0.2) is 0 Å². The number of anilines is 2. The molecule has 0 spiro atoms. The molecule has 2 aromatic heterocycles. The van der Waals surface area contributed by atoms with E-state index in [0.717, 1.165) is 6.42 Å². The molecule has 2 N–H and O–H groups in total. The molecule has 1 aliphatic heterocycles. The van der Waals surface area contributed by atoms with Gasteiger partial charge in [-0.25, -0.2) is 9.97 Å². The monoisotopic (exact) mass is 412 g/mol. The lowest BCUT2D eigenvalue weighted by atomic mass is 9.96. The SMILES string of the molecule is CCCON(C(=O)C1CCN(c2ncc(C)c(C(N)=O)n2)CC1)c1coc(C#N)c1. The summed E-state index contributed by atoms with van der Waals surface area (Å²) in [5, 5.41) is 10.2. The number of rotatable bonds is 7. The van der Waals surface area contributed by atoms with Crippen LogP contribution in [0.4, 0.5) is 11.6 Å². The van der Waals surface area contributed by atoms with Gasteiger partial charge in [0.25, 0.3) is 11.8 Å². The zero-order chi connectivity index (χ0) is 21.7. The molecule has 10 heteroatoms. The molecule has 0 aliphatic carbocycles. The third kappa shape index (κ3) is 4.58. The van der Waals surface area contributed by atoms with Crippen molar-refractivity contribution in [1.29, 1.82) is 5.26 Å². The fourth-order valence-electron chi connectivity index (χ4n) is 3.27. The van der Waals surface area contributed by atoms with Gasteiger partial charge in [-0.3, -0.25) is 14.4 Å². The van der Waals surface area contributed by atoms with Gasteiger partial charge in [-0.1, -0.05) is 6.92 Å². The number of nitrogens with two attached hydrogens (primary N) is 1. The van der Waals surface area contributed by atoms with E-state index in [2.05, 4.69) is 9.97 Å². The zero-order valence-corrected chi connectivity index (χ0v) is 17.0. The minimum atomic E-state index is -0.596. The van der Waals surface area contributed by atoms with Crippen LogP contribution in [-0.2, 0) is 9.63 Å². The van der Waals surface area contributed by atoms with E-state index in [9.17, 15) is 9.59 Å². The Labute approximate surface area is 174 Å². The lowest BCUT2D eigenvalue weighted by Gasteiger charge is -2.33. The van der Waals surface area contributed by atoms with Crippen LogP contribution in [0.25, 0.3) is 0 Å². The van der Waals surface area contributed by atoms with Gasteiger partial charge in [0.1, 0.15) is 23.7 Å². The Hall–Kier alpha value is -3.45. The number of furan rings is 1. The van der Waals surface area contributed by atoms with Crippen LogP contribution in [0.2, 0.25) is 0 Å². The minimum Gasteiger partial charge on any atom is -0.452 e. The smallest absolute Gasteiger partial charge is 0.267 e. The number of aryl methyl sites for hydroxylation is 1. The van der Waals surface area contributed by atoms with E-state index in [-0.39, 0.29) is 23.3 Å². The Bertz CT molecular complexity index is 958. The first kappa shape index (κ1) is 21.3. The Morgan fingerprint density at radius 2 is 2.17 bits per heavy atom. The number of nitriles is 1. The molecule has 1 aliphatic rings. The van der Waals surface area contributed by atoms with Crippen molar-refractivity contribution in [2.75, 3.05) is 29.7 Å². The van der Waals surface area contributed by atoms with E-state index in [0.29, 0.717) is 49.7 Å². The molecule has 3 heterocycles. The second-order valence-corrected chi connectivity index (χ2v) is 7.07. The Balaban J connectivity index is 1.69. The van der Waals surface area contributed by atoms with Gasteiger partial charge < -0.3 is 15.1 Å². The summed E-state index contributed by atoms with van der Waals surface area (Å²) in [7, 11) is 0. The lowest BCUT2D eigenvalue weighted by Crippen LogP contribution is -2.43. The molecule has 30 heavy (non-hydrogen) atoms. The van der Waals surface area contributed by atoms with Gasteiger partial charge in [0.2, 0.25) is 11.7 Å². The molecule has 2 amide bonds. The van der Waals surface area contributed by atoms with Crippen molar-refractivity contribution in [1.82, 2.24) is 9.97 Å². The number of hydroxylamine groups is 1. The van der Waals surface area contributed by atoms with E-state index >= 15 is 0 Å². The summed E-state index contributed by atoms with van der Waals surface area (Å²) >= 11 is 0. The summed E-state index contributed by atoms with van der Waals surface area (Å²) in [4.78, 5) is 40.8. The second kappa shape index (κ2) is 9.37. The number of nitrogens with zero attached hydrogens (tertiary/aromatic N) is 5. The van der Waals surface area contributed by atoms with Gasteiger partial charge in [0.05, 0.1) is 6.61 Å². The van der Waals surface area contributed by atoms with Gasteiger partial charge in [-0.15, -0.1) is 0 Å². The van der Waals surface area contributed by atoms with E-state index in [1.54, 1.807) is 13.1 Å². The molecule has 3 rings (SSSR count). The number of hydrogen-bond donors (Lipinski definition) is 1. The van der Waals surface area contributed by atoms with Gasteiger partial charge >= 0.3 is 0 Å². The summed E-state index contributed by atoms with van der Waals surface area (Å²) in [5.41, 5.74) is 6.60. The number of carbonyl (C=O) groups excluding carboxylic acids is 2. The van der Waals surface area contributed by atoms with Crippen molar-refractivity contribution in [3.8, 4) is 6.07 Å². The topological polar surface area (TPSA) is 139 Å². The highest BCUT2D eigenvalue weighted by atomic mass is 16.7. The van der Waals surface area contributed by atoms with Crippen LogP contribution >= 0.6 is 0 Å². The number of primary amides is 1. The summed E-state index contributed by atoms with van der Waals surface area (Å²) in [5.74, 6) is -0.509. The Morgan fingerprint density at radius 3 is 2.77 bits per heavy atom. The minimum absolute atomic E-state index is 0.111. The third-order valence-corrected chi connectivity index (χ3v) is 4.87. The van der Waals surface area contributed by atoms with Gasteiger partial charge in [0, 0.05) is 31.3 Å². The molecule has 158 valence electrons. The van der Waals surface area contributed by atoms with Crippen LogP contribution in [0.1, 0.15) is 48.0 Å². The molecule has 10 nitrogen and oxygen atoms in total. The number of piperidine rings is 1. The largest absolute Gasteiger partial charge is 0.452 e. The molecule has 2 aromatic rings. The maximum absolute atomic E-state index is 13.1. The normalized spacial score (nSPS) is 14.4. The van der Waals surface area contributed by atoms with Gasteiger partial charge in [-0.05, 0) is 31.7 Å². The number of carbonyl (C=O) groups is 2. The first-order valence-corrected chi connectivity index (χ1v) is 9.78. The zero-order valence-electron chi connectivity index (χ0n) is 17.0. The predicted octanol–water partition coefficient (Wildman–Crippen LogP) is 1.94. The molecular weight excluding hydrogens is 388 g/mol. The second-order valence-electron chi connectivity index (χ2n) is 7.07. The molecule has 0 saturated carbocycles. The summed E-state index contributed by atoms with van der Waals surface area (Å²) < 4.78 is 5.13. The van der Waals surface area contributed by atoms with E-state index in [4.69, 9.17) is 20.3 Å². The summed E-state index contributed by atoms with van der Waals surface area (Å²) in [6.07, 6.45) is 4.78. The van der Waals surface area contributed by atoms with Crippen LogP contribution in [0, 0.1) is 24.2 Å².